The quantitative estimate of drug-likeness (QED) is 0.474. The summed E-state index contributed by atoms with van der Waals surface area (Å²) in [6.45, 7) is 17.5. The van der Waals surface area contributed by atoms with Crippen molar-refractivity contribution in [2.45, 2.75) is 34.1 Å². The van der Waals surface area contributed by atoms with Gasteiger partial charge in [0.15, 0.2) is 0 Å². The number of carbonyl (C=O) groups is 1. The van der Waals surface area contributed by atoms with Crippen molar-refractivity contribution in [1.29, 1.82) is 0 Å². The minimum Gasteiger partial charge on any atom is -1.00 e. The Morgan fingerprint density at radius 1 is 1.19 bits per heavy atom. The molecule has 4 heteroatoms. The fourth-order valence-electron chi connectivity index (χ4n) is 1.62. The molecule has 0 saturated heterocycles. The minimum atomic E-state index is -0.481. The molecule has 0 aromatic carbocycles. The lowest BCUT2D eigenvalue weighted by Crippen LogP contribution is -3.00. The summed E-state index contributed by atoms with van der Waals surface area (Å²) in [5.74, 6) is -0.481. The van der Waals surface area contributed by atoms with Gasteiger partial charge in [-0.15, -0.1) is 0 Å². The van der Waals surface area contributed by atoms with Gasteiger partial charge in [-0.2, -0.15) is 0 Å². The van der Waals surface area contributed by atoms with Crippen molar-refractivity contribution in [3.05, 3.63) is 12.7 Å². The highest BCUT2D eigenvalue weighted by molar-refractivity contribution is 5.84. The van der Waals surface area contributed by atoms with Gasteiger partial charge in [-0.1, -0.05) is 13.5 Å². The van der Waals surface area contributed by atoms with Crippen molar-refractivity contribution in [3.8, 4) is 0 Å². The zero-order valence-electron chi connectivity index (χ0n) is 11.1. The fraction of sp³-hybridized carbons (Fsp3) is 0.750. The highest BCUT2D eigenvalue weighted by atomic mass is 35.5. The maximum atomic E-state index is 9.47. The van der Waals surface area contributed by atoms with E-state index in [9.17, 15) is 4.79 Å². The Morgan fingerprint density at radius 2 is 1.50 bits per heavy atom. The number of primary amides is 1. The summed E-state index contributed by atoms with van der Waals surface area (Å²) in [7, 11) is 0. The maximum Gasteiger partial charge on any atom is 0.240 e. The first kappa shape index (κ1) is 20.8. The van der Waals surface area contributed by atoms with Gasteiger partial charge >= 0.3 is 0 Å². The summed E-state index contributed by atoms with van der Waals surface area (Å²) in [6.07, 6.45) is 2.37. The lowest BCUT2D eigenvalue weighted by molar-refractivity contribution is -0.923. The first-order valence-electron chi connectivity index (χ1n) is 5.78. The molecule has 1 amide bonds. The average molecular weight is 251 g/mol. The van der Waals surface area contributed by atoms with Gasteiger partial charge in [-0.3, -0.25) is 4.79 Å². The van der Waals surface area contributed by atoms with Crippen molar-refractivity contribution in [3.63, 3.8) is 0 Å². The second-order valence-corrected chi connectivity index (χ2v) is 3.62. The van der Waals surface area contributed by atoms with Crippen molar-refractivity contribution in [2.24, 2.45) is 5.73 Å². The van der Waals surface area contributed by atoms with Gasteiger partial charge in [-0.05, 0) is 33.3 Å². The lowest BCUT2D eigenvalue weighted by atomic mass is 10.3. The van der Waals surface area contributed by atoms with Gasteiger partial charge in [0.2, 0.25) is 5.91 Å². The third kappa shape index (κ3) is 9.99. The van der Waals surface area contributed by atoms with Gasteiger partial charge in [0.05, 0.1) is 26.2 Å². The van der Waals surface area contributed by atoms with E-state index < -0.39 is 5.91 Å². The third-order valence-electron chi connectivity index (χ3n) is 2.91. The monoisotopic (exact) mass is 250 g/mol. The topological polar surface area (TPSA) is 43.1 Å². The minimum absolute atomic E-state index is 0. The molecule has 3 nitrogen and oxygen atoms in total. The van der Waals surface area contributed by atoms with Gasteiger partial charge in [0, 0.05) is 0 Å². The highest BCUT2D eigenvalue weighted by Crippen LogP contribution is 2.06. The van der Waals surface area contributed by atoms with Crippen LogP contribution in [0.4, 0.5) is 0 Å². The Balaban J connectivity index is -0.000000242. The number of nitrogens with zero attached hydrogens (tertiary/aromatic N) is 1. The van der Waals surface area contributed by atoms with Gasteiger partial charge in [0.25, 0.3) is 0 Å². The molecule has 0 atom stereocenters. The summed E-state index contributed by atoms with van der Waals surface area (Å²) in [5, 5.41) is 0. The molecule has 0 fully saturated rings. The smallest absolute Gasteiger partial charge is 0.240 e. The van der Waals surface area contributed by atoms with Crippen LogP contribution in [0.15, 0.2) is 12.7 Å². The highest BCUT2D eigenvalue weighted by Gasteiger charge is 2.17. The van der Waals surface area contributed by atoms with Crippen LogP contribution in [0.3, 0.4) is 0 Å². The van der Waals surface area contributed by atoms with E-state index in [0.29, 0.717) is 0 Å². The van der Waals surface area contributed by atoms with E-state index in [1.165, 1.54) is 37.1 Å². The first-order chi connectivity index (χ1) is 7.01. The lowest BCUT2D eigenvalue weighted by Gasteiger charge is -2.35. The van der Waals surface area contributed by atoms with Crippen LogP contribution in [-0.2, 0) is 4.79 Å². The van der Waals surface area contributed by atoms with E-state index in [1.807, 2.05) is 0 Å². The van der Waals surface area contributed by atoms with Crippen LogP contribution < -0.4 is 18.1 Å². The number of hydrogen-bond acceptors (Lipinski definition) is 1. The molecule has 0 saturated carbocycles. The number of carbonyl (C=O) groups excluding carboxylic acids is 1. The number of rotatable bonds is 6. The molecule has 0 heterocycles. The van der Waals surface area contributed by atoms with E-state index in [4.69, 9.17) is 0 Å². The largest absolute Gasteiger partial charge is 1.00 e. The standard InChI is InChI=1S/C9H22N.C3H5NO.ClH/c1-5-9-10(6-2,7-3)8-4;1-2-3(4)5;/h5-9H2,1-4H3;2H,1H2,(H2,4,5);1H/q+1;;/p-1. The summed E-state index contributed by atoms with van der Waals surface area (Å²) in [6, 6.07) is 0. The second-order valence-electron chi connectivity index (χ2n) is 3.62. The average Bonchev–Trinajstić information content (AvgIpc) is 2.27. The van der Waals surface area contributed by atoms with Crippen LogP contribution in [0, 0.1) is 0 Å². The normalized spacial score (nSPS) is 9.50. The molecule has 0 radical (unpaired) electrons. The van der Waals surface area contributed by atoms with E-state index in [0.717, 1.165) is 6.08 Å². The Kier molecular flexibility index (Phi) is 16.3. The van der Waals surface area contributed by atoms with Crippen molar-refractivity contribution in [1.82, 2.24) is 0 Å². The third-order valence-corrected chi connectivity index (χ3v) is 2.91. The van der Waals surface area contributed by atoms with Crippen molar-refractivity contribution in [2.75, 3.05) is 26.2 Å². The van der Waals surface area contributed by atoms with Crippen LogP contribution in [0.2, 0.25) is 0 Å². The van der Waals surface area contributed by atoms with E-state index in [1.54, 1.807) is 0 Å². The fourth-order valence-corrected chi connectivity index (χ4v) is 1.62. The maximum absolute atomic E-state index is 9.47. The van der Waals surface area contributed by atoms with Crippen molar-refractivity contribution < 1.29 is 21.7 Å². The predicted molar refractivity (Wildman–Crippen MR) is 66.4 cm³/mol. The Hall–Kier alpha value is -0.540. The van der Waals surface area contributed by atoms with E-state index >= 15 is 0 Å². The molecule has 98 valence electrons. The molecule has 0 aromatic rings. The number of nitrogens with two attached hydrogens (primary N) is 1. The summed E-state index contributed by atoms with van der Waals surface area (Å²) < 4.78 is 1.30. The number of quaternary nitrogens is 1. The zero-order chi connectivity index (χ0) is 12.3. The molecule has 0 aliphatic rings. The Morgan fingerprint density at radius 3 is 1.56 bits per heavy atom. The molecular weight excluding hydrogens is 224 g/mol. The van der Waals surface area contributed by atoms with Gasteiger partial charge in [-0.25, -0.2) is 0 Å². The SMILES string of the molecule is C=CC(N)=O.CCC[N+](CC)(CC)CC.[Cl-]. The van der Waals surface area contributed by atoms with E-state index in [-0.39, 0.29) is 12.4 Å². The molecule has 2 N–H and O–H groups in total. The Labute approximate surface area is 107 Å². The molecule has 0 rings (SSSR count). The zero-order valence-corrected chi connectivity index (χ0v) is 11.9. The molecule has 16 heavy (non-hydrogen) atoms. The molecule has 0 spiro atoms. The van der Waals surface area contributed by atoms with Crippen molar-refractivity contribution >= 4 is 5.91 Å². The van der Waals surface area contributed by atoms with Crippen LogP contribution in [0.25, 0.3) is 0 Å². The number of amides is 1. The molecule has 0 bridgehead atoms. The Bertz CT molecular complexity index is 172. The predicted octanol–water partition coefficient (Wildman–Crippen LogP) is -1.07. The van der Waals surface area contributed by atoms with Gasteiger partial charge < -0.3 is 22.6 Å². The summed E-state index contributed by atoms with van der Waals surface area (Å²) >= 11 is 0. The first-order valence-corrected chi connectivity index (χ1v) is 5.78. The molecule has 0 aromatic heterocycles. The van der Waals surface area contributed by atoms with E-state index in [2.05, 4.69) is 40.0 Å². The van der Waals surface area contributed by atoms with Crippen LogP contribution in [0.1, 0.15) is 34.1 Å². The van der Waals surface area contributed by atoms with Crippen LogP contribution in [0.5, 0.6) is 0 Å². The molecule has 0 unspecified atom stereocenters. The molecule has 0 aliphatic heterocycles. The number of hydrogen-bond donors (Lipinski definition) is 1. The summed E-state index contributed by atoms with van der Waals surface area (Å²) in [4.78, 5) is 9.47. The van der Waals surface area contributed by atoms with Gasteiger partial charge in [0.1, 0.15) is 0 Å². The van der Waals surface area contributed by atoms with Crippen LogP contribution in [-0.4, -0.2) is 36.6 Å². The summed E-state index contributed by atoms with van der Waals surface area (Å²) in [5.41, 5.74) is 4.53. The molecular formula is C12H27ClN2O. The van der Waals surface area contributed by atoms with Crippen LogP contribution >= 0.6 is 0 Å². The number of halogens is 1. The second kappa shape index (κ2) is 12.5. The molecule has 0 aliphatic carbocycles.